The van der Waals surface area contributed by atoms with Crippen LogP contribution < -0.4 is 5.32 Å². The van der Waals surface area contributed by atoms with E-state index in [2.05, 4.69) is 37.3 Å². The number of benzene rings is 1. The first-order valence-corrected chi connectivity index (χ1v) is 10.2. The summed E-state index contributed by atoms with van der Waals surface area (Å²) < 4.78 is 0. The topological polar surface area (TPSA) is 73.9 Å². The molecule has 1 fully saturated rings. The van der Waals surface area contributed by atoms with E-state index >= 15 is 0 Å². The Morgan fingerprint density at radius 3 is 2.89 bits per heavy atom. The van der Waals surface area contributed by atoms with Crippen LogP contribution >= 0.6 is 11.3 Å². The van der Waals surface area contributed by atoms with Crippen molar-refractivity contribution in [2.75, 3.05) is 5.32 Å². The molecule has 0 radical (unpaired) electrons. The summed E-state index contributed by atoms with van der Waals surface area (Å²) in [6, 6.07) is 10.0. The highest BCUT2D eigenvalue weighted by atomic mass is 32.1. The van der Waals surface area contributed by atoms with Crippen molar-refractivity contribution in [2.45, 2.75) is 45.2 Å². The first kappa shape index (κ1) is 17.7. The molecule has 0 atom stereocenters. The number of rotatable bonds is 5. The summed E-state index contributed by atoms with van der Waals surface area (Å²) in [7, 11) is 0. The van der Waals surface area contributed by atoms with Gasteiger partial charge in [0, 0.05) is 23.8 Å². The molecule has 0 aliphatic heterocycles. The first-order valence-electron chi connectivity index (χ1n) is 9.27. The Kier molecular flexibility index (Phi) is 5.20. The maximum Gasteiger partial charge on any atom is 0.322 e. The van der Waals surface area contributed by atoms with Crippen molar-refractivity contribution >= 4 is 23.1 Å². The van der Waals surface area contributed by atoms with Gasteiger partial charge in [0.2, 0.25) is 0 Å². The van der Waals surface area contributed by atoms with E-state index in [1.54, 1.807) is 11.3 Å². The molecule has 2 amide bonds. The van der Waals surface area contributed by atoms with E-state index in [0.717, 1.165) is 29.9 Å². The van der Waals surface area contributed by atoms with Gasteiger partial charge in [0.15, 0.2) is 5.82 Å². The van der Waals surface area contributed by atoms with E-state index in [1.807, 2.05) is 36.1 Å². The molecule has 140 valence electrons. The summed E-state index contributed by atoms with van der Waals surface area (Å²) in [5.74, 6) is 1.40. The zero-order chi connectivity index (χ0) is 18.6. The van der Waals surface area contributed by atoms with E-state index in [4.69, 9.17) is 0 Å². The van der Waals surface area contributed by atoms with E-state index in [-0.39, 0.29) is 6.03 Å². The maximum absolute atomic E-state index is 13.1. The fourth-order valence-corrected chi connectivity index (χ4v) is 4.22. The second-order valence-electron chi connectivity index (χ2n) is 6.95. The Morgan fingerprint density at radius 2 is 2.19 bits per heavy atom. The van der Waals surface area contributed by atoms with Crippen LogP contribution in [0.4, 0.5) is 10.5 Å². The summed E-state index contributed by atoms with van der Waals surface area (Å²) in [6.45, 7) is 2.52. The van der Waals surface area contributed by atoms with Gasteiger partial charge in [-0.15, -0.1) is 0 Å². The number of anilines is 1. The normalized spacial score (nSPS) is 14.4. The number of aromatic amines is 1. The minimum atomic E-state index is -0.0450. The standard InChI is InChI=1S/C20H23N5OS/c1-14-21-19(24-23-14)16-5-4-6-17(11-16)22-20(26)25(18-7-2-3-8-18)12-15-9-10-27-13-15/h4-6,9-11,13,18H,2-3,7-8,12H2,1H3,(H,22,26)(H,21,23,24). The Balaban J connectivity index is 1.51. The fourth-order valence-electron chi connectivity index (χ4n) is 3.57. The molecule has 0 saturated heterocycles. The van der Waals surface area contributed by atoms with Crippen molar-refractivity contribution < 1.29 is 4.79 Å². The maximum atomic E-state index is 13.1. The molecule has 0 spiro atoms. The quantitative estimate of drug-likeness (QED) is 0.665. The Hall–Kier alpha value is -2.67. The molecular formula is C20H23N5OS. The molecule has 6 nitrogen and oxygen atoms in total. The van der Waals surface area contributed by atoms with Crippen LogP contribution in [0.3, 0.4) is 0 Å². The van der Waals surface area contributed by atoms with Crippen molar-refractivity contribution in [3.8, 4) is 11.4 Å². The van der Waals surface area contributed by atoms with Gasteiger partial charge in [0.25, 0.3) is 0 Å². The summed E-state index contributed by atoms with van der Waals surface area (Å²) >= 11 is 1.67. The lowest BCUT2D eigenvalue weighted by Gasteiger charge is -2.29. The van der Waals surface area contributed by atoms with E-state index < -0.39 is 0 Å². The van der Waals surface area contributed by atoms with Crippen LogP contribution in [0.1, 0.15) is 37.1 Å². The molecule has 1 aliphatic rings. The van der Waals surface area contributed by atoms with Crippen molar-refractivity contribution in [1.82, 2.24) is 20.1 Å². The number of amides is 2. The zero-order valence-electron chi connectivity index (χ0n) is 15.3. The molecule has 0 unspecified atom stereocenters. The van der Waals surface area contributed by atoms with Crippen LogP contribution in [0.2, 0.25) is 0 Å². The molecule has 1 saturated carbocycles. The van der Waals surface area contributed by atoms with Crippen molar-refractivity contribution in [1.29, 1.82) is 0 Å². The Morgan fingerprint density at radius 1 is 1.33 bits per heavy atom. The lowest BCUT2D eigenvalue weighted by Crippen LogP contribution is -2.41. The van der Waals surface area contributed by atoms with Gasteiger partial charge in [0.1, 0.15) is 5.82 Å². The molecule has 4 rings (SSSR count). The molecule has 2 aromatic heterocycles. The van der Waals surface area contributed by atoms with Crippen LogP contribution in [-0.4, -0.2) is 32.2 Å². The van der Waals surface area contributed by atoms with Gasteiger partial charge >= 0.3 is 6.03 Å². The highest BCUT2D eigenvalue weighted by Gasteiger charge is 2.27. The van der Waals surface area contributed by atoms with Crippen molar-refractivity contribution in [3.63, 3.8) is 0 Å². The van der Waals surface area contributed by atoms with E-state index in [1.165, 1.54) is 18.4 Å². The smallest absolute Gasteiger partial charge is 0.317 e. The second kappa shape index (κ2) is 7.92. The summed E-state index contributed by atoms with van der Waals surface area (Å²) in [6.07, 6.45) is 4.54. The number of urea groups is 1. The third kappa shape index (κ3) is 4.19. The Labute approximate surface area is 162 Å². The number of hydrogen-bond acceptors (Lipinski definition) is 4. The number of nitrogens with one attached hydrogen (secondary N) is 2. The third-order valence-corrected chi connectivity index (χ3v) is 5.66. The van der Waals surface area contributed by atoms with E-state index in [9.17, 15) is 4.79 Å². The number of H-pyrrole nitrogens is 1. The summed E-state index contributed by atoms with van der Waals surface area (Å²) in [5, 5.41) is 14.3. The van der Waals surface area contributed by atoms with Crippen LogP contribution in [0, 0.1) is 6.92 Å². The summed E-state index contributed by atoms with van der Waals surface area (Å²) in [4.78, 5) is 19.4. The predicted octanol–water partition coefficient (Wildman–Crippen LogP) is 4.82. The van der Waals surface area contributed by atoms with Crippen LogP contribution in [0.15, 0.2) is 41.1 Å². The predicted molar refractivity (Wildman–Crippen MR) is 108 cm³/mol. The number of aromatic nitrogens is 3. The van der Waals surface area contributed by atoms with Crippen LogP contribution in [0.5, 0.6) is 0 Å². The number of aryl methyl sites for hydroxylation is 1. The average molecular weight is 382 g/mol. The molecule has 2 heterocycles. The van der Waals surface area contributed by atoms with Crippen molar-refractivity contribution in [2.24, 2.45) is 0 Å². The summed E-state index contributed by atoms with van der Waals surface area (Å²) in [5.41, 5.74) is 2.82. The minimum absolute atomic E-state index is 0.0450. The molecule has 1 aromatic carbocycles. The second-order valence-corrected chi connectivity index (χ2v) is 7.73. The average Bonchev–Trinajstić information content (AvgIpc) is 3.42. The van der Waals surface area contributed by atoms with Gasteiger partial charge in [-0.1, -0.05) is 25.0 Å². The zero-order valence-corrected chi connectivity index (χ0v) is 16.1. The number of carbonyl (C=O) groups is 1. The largest absolute Gasteiger partial charge is 0.322 e. The number of thiophene rings is 1. The molecule has 7 heteroatoms. The van der Waals surface area contributed by atoms with Gasteiger partial charge in [-0.2, -0.15) is 16.4 Å². The lowest BCUT2D eigenvalue weighted by atomic mass is 10.2. The SMILES string of the molecule is Cc1nc(-c2cccc(NC(=O)N(Cc3ccsc3)C3CCCC3)c2)n[nH]1. The lowest BCUT2D eigenvalue weighted by molar-refractivity contribution is 0.185. The monoisotopic (exact) mass is 381 g/mol. The van der Waals surface area contributed by atoms with Gasteiger partial charge in [0.05, 0.1) is 0 Å². The Bertz CT molecular complexity index is 899. The molecule has 27 heavy (non-hydrogen) atoms. The van der Waals surface area contributed by atoms with Crippen LogP contribution in [0.25, 0.3) is 11.4 Å². The van der Waals surface area contributed by atoms with Gasteiger partial charge in [-0.05, 0) is 54.3 Å². The van der Waals surface area contributed by atoms with Crippen molar-refractivity contribution in [3.05, 3.63) is 52.5 Å². The number of hydrogen-bond donors (Lipinski definition) is 2. The first-order chi connectivity index (χ1) is 13.2. The highest BCUT2D eigenvalue weighted by Crippen LogP contribution is 2.27. The number of carbonyl (C=O) groups excluding carboxylic acids is 1. The third-order valence-electron chi connectivity index (χ3n) is 4.93. The molecule has 1 aliphatic carbocycles. The molecule has 0 bridgehead atoms. The molecule has 2 N–H and O–H groups in total. The molecule has 3 aromatic rings. The van der Waals surface area contributed by atoms with Gasteiger partial charge < -0.3 is 10.2 Å². The van der Waals surface area contributed by atoms with Gasteiger partial charge in [-0.3, -0.25) is 5.10 Å². The fraction of sp³-hybridized carbons (Fsp3) is 0.350. The van der Waals surface area contributed by atoms with Crippen LogP contribution in [-0.2, 0) is 6.54 Å². The minimum Gasteiger partial charge on any atom is -0.317 e. The number of nitrogens with zero attached hydrogens (tertiary/aromatic N) is 3. The highest BCUT2D eigenvalue weighted by molar-refractivity contribution is 7.07. The molecular weight excluding hydrogens is 358 g/mol. The van der Waals surface area contributed by atoms with Gasteiger partial charge in [-0.25, -0.2) is 9.78 Å². The van der Waals surface area contributed by atoms with E-state index in [0.29, 0.717) is 18.4 Å².